The third-order valence-electron chi connectivity index (χ3n) is 2.37. The Kier molecular flexibility index (Phi) is 3.27. The van der Waals surface area contributed by atoms with Gasteiger partial charge in [0.25, 0.3) is 10.0 Å². The van der Waals surface area contributed by atoms with Crippen LogP contribution in [0.4, 0.5) is 0 Å². The van der Waals surface area contributed by atoms with Crippen LogP contribution >= 0.6 is 11.3 Å². The van der Waals surface area contributed by atoms with Crippen LogP contribution in [0.3, 0.4) is 0 Å². The molecule has 0 radical (unpaired) electrons. The van der Waals surface area contributed by atoms with Crippen molar-refractivity contribution in [1.29, 1.82) is 0 Å². The lowest BCUT2D eigenvalue weighted by atomic mass is 10.4. The molecular formula is C9H12N4O2S2. The van der Waals surface area contributed by atoms with Gasteiger partial charge in [0.05, 0.1) is 23.7 Å². The smallest absolute Gasteiger partial charge is 0.260 e. The lowest BCUT2D eigenvalue weighted by molar-refractivity contribution is 0.466. The monoisotopic (exact) mass is 272 g/mol. The van der Waals surface area contributed by atoms with Crippen molar-refractivity contribution in [2.45, 2.75) is 18.5 Å². The van der Waals surface area contributed by atoms with E-state index < -0.39 is 10.0 Å². The number of rotatable bonds is 4. The Hall–Kier alpha value is -1.25. The Labute approximate surface area is 103 Å². The predicted molar refractivity (Wildman–Crippen MR) is 64.1 cm³/mol. The molecule has 2 rings (SSSR count). The summed E-state index contributed by atoms with van der Waals surface area (Å²) in [6.07, 6.45) is 2.64. The van der Waals surface area contributed by atoms with Gasteiger partial charge in [-0.25, -0.2) is 18.4 Å². The number of hydrogen-bond acceptors (Lipinski definition) is 5. The number of aromatic nitrogens is 3. The van der Waals surface area contributed by atoms with Crippen LogP contribution in [-0.4, -0.2) is 34.7 Å². The third kappa shape index (κ3) is 2.38. The van der Waals surface area contributed by atoms with E-state index in [4.69, 9.17) is 0 Å². The number of sulfonamides is 1. The number of nitrogens with one attached hydrogen (secondary N) is 1. The van der Waals surface area contributed by atoms with E-state index in [-0.39, 0.29) is 5.03 Å². The molecule has 0 aliphatic carbocycles. The Bertz CT molecular complexity index is 588. The molecule has 0 bridgehead atoms. The zero-order valence-electron chi connectivity index (χ0n) is 9.41. The van der Waals surface area contributed by atoms with Gasteiger partial charge in [-0.05, 0) is 6.92 Å². The number of aromatic amines is 1. The lowest BCUT2D eigenvalue weighted by Gasteiger charge is -2.14. The molecule has 6 nitrogen and oxygen atoms in total. The first-order chi connectivity index (χ1) is 8.01. The molecule has 0 saturated carbocycles. The second-order valence-corrected chi connectivity index (χ2v) is 6.49. The van der Waals surface area contributed by atoms with Gasteiger partial charge in [0, 0.05) is 18.5 Å². The maximum atomic E-state index is 12.1. The van der Waals surface area contributed by atoms with Crippen molar-refractivity contribution in [3.63, 3.8) is 0 Å². The van der Waals surface area contributed by atoms with Crippen LogP contribution in [0.5, 0.6) is 0 Å². The molecule has 0 saturated heterocycles. The van der Waals surface area contributed by atoms with E-state index in [0.717, 1.165) is 10.6 Å². The summed E-state index contributed by atoms with van der Waals surface area (Å²) in [5.41, 5.74) is 2.57. The van der Waals surface area contributed by atoms with Gasteiger partial charge in [0.2, 0.25) is 0 Å². The maximum absolute atomic E-state index is 12.1. The molecular weight excluding hydrogens is 260 g/mol. The number of imidazole rings is 1. The number of aryl methyl sites for hydroxylation is 1. The highest BCUT2D eigenvalue weighted by Gasteiger charge is 2.23. The minimum atomic E-state index is -3.49. The Balaban J connectivity index is 2.22. The van der Waals surface area contributed by atoms with Crippen molar-refractivity contribution in [1.82, 2.24) is 19.3 Å². The summed E-state index contributed by atoms with van der Waals surface area (Å²) in [4.78, 5) is 11.3. The Morgan fingerprint density at radius 1 is 1.53 bits per heavy atom. The van der Waals surface area contributed by atoms with Crippen molar-refractivity contribution in [2.24, 2.45) is 0 Å². The summed E-state index contributed by atoms with van der Waals surface area (Å²) in [5, 5.41) is 0.0992. The molecule has 92 valence electrons. The largest absolute Gasteiger partial charge is 0.335 e. The maximum Gasteiger partial charge on any atom is 0.260 e. The zero-order chi connectivity index (χ0) is 12.5. The highest BCUT2D eigenvalue weighted by molar-refractivity contribution is 7.89. The van der Waals surface area contributed by atoms with Crippen LogP contribution in [0.25, 0.3) is 0 Å². The van der Waals surface area contributed by atoms with E-state index >= 15 is 0 Å². The topological polar surface area (TPSA) is 79.0 Å². The average Bonchev–Trinajstić information content (AvgIpc) is 2.90. The molecule has 17 heavy (non-hydrogen) atoms. The predicted octanol–water partition coefficient (Wildman–Crippen LogP) is 0.995. The van der Waals surface area contributed by atoms with Crippen LogP contribution in [-0.2, 0) is 16.6 Å². The fourth-order valence-electron chi connectivity index (χ4n) is 1.32. The van der Waals surface area contributed by atoms with E-state index in [1.807, 2.05) is 6.92 Å². The molecule has 1 N–H and O–H groups in total. The molecule has 0 atom stereocenters. The van der Waals surface area contributed by atoms with E-state index in [1.54, 1.807) is 5.51 Å². The van der Waals surface area contributed by atoms with Crippen molar-refractivity contribution < 1.29 is 8.42 Å². The number of H-pyrrole nitrogens is 1. The molecule has 0 aliphatic rings. The first-order valence-corrected chi connectivity index (χ1v) is 7.17. The van der Waals surface area contributed by atoms with Crippen molar-refractivity contribution in [2.75, 3.05) is 7.05 Å². The summed E-state index contributed by atoms with van der Waals surface area (Å²) in [7, 11) is -1.96. The number of hydrogen-bond donors (Lipinski definition) is 1. The minimum Gasteiger partial charge on any atom is -0.335 e. The molecule has 0 aliphatic heterocycles. The molecule has 8 heteroatoms. The van der Waals surface area contributed by atoms with Crippen LogP contribution < -0.4 is 0 Å². The van der Waals surface area contributed by atoms with Crippen LogP contribution in [0.1, 0.15) is 10.6 Å². The molecule has 2 aromatic heterocycles. The normalized spacial score (nSPS) is 12.2. The van der Waals surface area contributed by atoms with Gasteiger partial charge in [-0.2, -0.15) is 4.31 Å². The van der Waals surface area contributed by atoms with Gasteiger partial charge >= 0.3 is 0 Å². The van der Waals surface area contributed by atoms with E-state index in [2.05, 4.69) is 15.0 Å². The summed E-state index contributed by atoms with van der Waals surface area (Å²) < 4.78 is 25.4. The van der Waals surface area contributed by atoms with E-state index in [1.165, 1.54) is 35.2 Å². The molecule has 2 heterocycles. The molecule has 0 aromatic carbocycles. The number of thiazole rings is 1. The average molecular weight is 272 g/mol. The molecule has 0 spiro atoms. The molecule has 0 fully saturated rings. The first kappa shape index (κ1) is 12.2. The minimum absolute atomic E-state index is 0.0992. The van der Waals surface area contributed by atoms with Crippen LogP contribution in [0.2, 0.25) is 0 Å². The van der Waals surface area contributed by atoms with Gasteiger partial charge in [-0.15, -0.1) is 11.3 Å². The summed E-state index contributed by atoms with van der Waals surface area (Å²) >= 11 is 1.45. The van der Waals surface area contributed by atoms with Gasteiger partial charge < -0.3 is 4.98 Å². The first-order valence-electron chi connectivity index (χ1n) is 4.85. The van der Waals surface area contributed by atoms with Gasteiger partial charge in [-0.3, -0.25) is 0 Å². The van der Waals surface area contributed by atoms with Crippen molar-refractivity contribution >= 4 is 21.4 Å². The lowest BCUT2D eigenvalue weighted by Crippen LogP contribution is -2.26. The highest BCUT2D eigenvalue weighted by atomic mass is 32.2. The summed E-state index contributed by atoms with van der Waals surface area (Å²) in [5.74, 6) is 0. The number of nitrogens with zero attached hydrogens (tertiary/aromatic N) is 3. The highest BCUT2D eigenvalue weighted by Crippen LogP contribution is 2.18. The fourth-order valence-corrected chi connectivity index (χ4v) is 3.26. The third-order valence-corrected chi connectivity index (χ3v) is 5.02. The SMILES string of the molecule is Cc1ncsc1CN(C)S(=O)(=O)c1cnc[nH]1. The Morgan fingerprint density at radius 2 is 2.29 bits per heavy atom. The van der Waals surface area contributed by atoms with Gasteiger partial charge in [0.1, 0.15) is 0 Å². The summed E-state index contributed by atoms with van der Waals surface area (Å²) in [6.45, 7) is 2.18. The van der Waals surface area contributed by atoms with E-state index in [9.17, 15) is 8.42 Å². The fraction of sp³-hybridized carbons (Fsp3) is 0.333. The van der Waals surface area contributed by atoms with Crippen molar-refractivity contribution in [3.8, 4) is 0 Å². The van der Waals surface area contributed by atoms with E-state index in [0.29, 0.717) is 6.54 Å². The molecule has 0 amide bonds. The van der Waals surface area contributed by atoms with Crippen LogP contribution in [0.15, 0.2) is 23.1 Å². The summed E-state index contributed by atoms with van der Waals surface area (Å²) in [6, 6.07) is 0. The van der Waals surface area contributed by atoms with Gasteiger partial charge in [-0.1, -0.05) is 0 Å². The second kappa shape index (κ2) is 4.55. The molecule has 2 aromatic rings. The van der Waals surface area contributed by atoms with Crippen molar-refractivity contribution in [3.05, 3.63) is 28.6 Å². The van der Waals surface area contributed by atoms with Crippen LogP contribution in [0, 0.1) is 6.92 Å². The quantitative estimate of drug-likeness (QED) is 0.900. The molecule has 0 unspecified atom stereocenters. The Morgan fingerprint density at radius 3 is 2.82 bits per heavy atom. The van der Waals surface area contributed by atoms with Gasteiger partial charge in [0.15, 0.2) is 5.03 Å². The standard InChI is InChI=1S/C9H12N4O2S2/c1-7-8(16-6-12-7)4-13(2)17(14,15)9-3-10-5-11-9/h3,5-6H,4H2,1-2H3,(H,10,11). The second-order valence-electron chi connectivity index (χ2n) is 3.54. The zero-order valence-corrected chi connectivity index (χ0v) is 11.0.